The van der Waals surface area contributed by atoms with Gasteiger partial charge in [-0.3, -0.25) is 72.9 Å². The number of rotatable bonds is 48. The summed E-state index contributed by atoms with van der Waals surface area (Å²) in [6, 6.07) is -13.2. The number of hydrogen-bond acceptors (Lipinski definition) is 19. The third-order valence-electron chi connectivity index (χ3n) is 13.3. The molecular formula is C52H103N27O12. The van der Waals surface area contributed by atoms with Crippen molar-refractivity contribution >= 4 is 88.9 Å². The number of primary amides is 1. The Balaban J connectivity index is 7.44. The largest absolute Gasteiger partial charge is 0.391 e. The average Bonchev–Trinajstić information content (AvgIpc) is 2.14. The summed E-state index contributed by atoms with van der Waals surface area (Å²) in [6.45, 7) is 3.94. The third kappa shape index (κ3) is 37.5. The number of carbonyl (C=O) groups is 10. The lowest BCUT2D eigenvalue weighted by atomic mass is 10.0. The Labute approximate surface area is 528 Å². The molecule has 0 spiro atoms. The van der Waals surface area contributed by atoms with Gasteiger partial charge in [0.15, 0.2) is 29.8 Å². The molecule has 0 saturated carbocycles. The highest BCUT2D eigenvalue weighted by Gasteiger charge is 2.36. The van der Waals surface area contributed by atoms with Gasteiger partial charge in [0.1, 0.15) is 54.4 Å². The van der Waals surface area contributed by atoms with Crippen LogP contribution in [0.2, 0.25) is 0 Å². The van der Waals surface area contributed by atoms with Crippen molar-refractivity contribution in [3.05, 3.63) is 0 Å². The minimum Gasteiger partial charge on any atom is -0.391 e. The lowest BCUT2D eigenvalue weighted by molar-refractivity contribution is -0.137. The van der Waals surface area contributed by atoms with Crippen molar-refractivity contribution in [2.24, 2.45) is 99.5 Å². The zero-order chi connectivity index (χ0) is 69.2. The van der Waals surface area contributed by atoms with E-state index in [1.54, 1.807) is 0 Å². The smallest absolute Gasteiger partial charge is 0.245 e. The van der Waals surface area contributed by atoms with E-state index in [9.17, 15) is 58.2 Å². The minimum absolute atomic E-state index is 0.00551. The standard InChI is InChI=1S/C52H103N27O12/c1-27(80)37(39(55)83)78-46(90)36(19-12-26-70-52(64)65)76-41(85)32(14-5-7-21-54)72-40(84)31(13-4-6-20-53)73-42(86)33(16-9-23-67-49(58)59)74-43(87)34(17-10-24-68-50(60)61)75-44(88)35(18-11-25-69-51(62)63)77-47(91)38(28(2)81)79-45(89)30(71-29(3)82)15-8-22-66-48(56)57/h27-28,30-38,80-81H,4-26,53-54H2,1-3H3,(H2,55,83)(H,71,82)(H,72,84)(H,73,86)(H,74,87)(H,75,88)(H,76,85)(H,77,91)(H,78,90)(H,79,89)(H4,56,57,66)(H4,58,59,67)(H4,60,61,68)(H4,62,63,69)(H4,64,65,70)/t27-,28-,30+,31+,32+,33+,34+,35+,36+,37+,38+/m1/s1. The molecule has 0 radical (unpaired) electrons. The van der Waals surface area contributed by atoms with Gasteiger partial charge in [0.2, 0.25) is 59.1 Å². The van der Waals surface area contributed by atoms with Crippen molar-refractivity contribution < 1.29 is 58.2 Å². The maximum atomic E-state index is 14.6. The maximum Gasteiger partial charge on any atom is 0.245 e. The quantitative estimate of drug-likeness (QED) is 0.0153. The van der Waals surface area contributed by atoms with E-state index in [4.69, 9.17) is 74.5 Å². The lowest BCUT2D eigenvalue weighted by Gasteiger charge is -2.29. The minimum atomic E-state index is -1.72. The zero-order valence-electron chi connectivity index (χ0n) is 52.3. The first kappa shape index (κ1) is 81.9. The second-order valence-corrected chi connectivity index (χ2v) is 21.3. The number of unbranched alkanes of at least 4 members (excludes halogenated alkanes) is 2. The lowest BCUT2D eigenvalue weighted by Crippen LogP contribution is -2.61. The zero-order valence-corrected chi connectivity index (χ0v) is 52.3. The number of aliphatic imine (C=N–C) groups is 5. The second kappa shape index (κ2) is 46.0. The summed E-state index contributed by atoms with van der Waals surface area (Å²) in [4.78, 5) is 157. The van der Waals surface area contributed by atoms with Gasteiger partial charge >= 0.3 is 0 Å². The predicted octanol–water partition coefficient (Wildman–Crippen LogP) is -10.9. The second-order valence-electron chi connectivity index (χ2n) is 21.3. The Morgan fingerprint density at radius 2 is 0.516 bits per heavy atom. The summed E-state index contributed by atoms with van der Waals surface area (Å²) in [6.07, 6.45) is -1.97. The van der Waals surface area contributed by atoms with Crippen LogP contribution in [-0.2, 0) is 47.9 Å². The average molecular weight is 1300 g/mol. The Kier molecular flexibility index (Phi) is 41.4. The number of guanidine groups is 5. The van der Waals surface area contributed by atoms with Gasteiger partial charge in [-0.1, -0.05) is 0 Å². The molecule has 0 aromatic carbocycles. The molecule has 0 aliphatic rings. The molecule has 0 heterocycles. The van der Waals surface area contributed by atoms with Crippen LogP contribution in [0.4, 0.5) is 0 Å². The summed E-state index contributed by atoms with van der Waals surface area (Å²) in [5.74, 6) is -10.4. The molecule has 0 saturated heterocycles. The number of aliphatic hydroxyl groups is 2. The molecule has 0 bridgehead atoms. The van der Waals surface area contributed by atoms with E-state index in [1.165, 1.54) is 13.8 Å². The van der Waals surface area contributed by atoms with E-state index >= 15 is 0 Å². The molecular weight excluding hydrogens is 1190 g/mol. The molecule has 91 heavy (non-hydrogen) atoms. The van der Waals surface area contributed by atoms with Gasteiger partial charge in [0, 0.05) is 39.6 Å². The highest BCUT2D eigenvalue weighted by molar-refractivity contribution is 5.98. The number of nitrogens with one attached hydrogen (secondary N) is 9. The van der Waals surface area contributed by atoms with Crippen molar-refractivity contribution in [3.63, 3.8) is 0 Å². The summed E-state index contributed by atoms with van der Waals surface area (Å²) in [5, 5.41) is 43.9. The van der Waals surface area contributed by atoms with E-state index in [1.807, 2.05) is 0 Å². The molecule has 0 aromatic heterocycles. The van der Waals surface area contributed by atoms with E-state index < -0.39 is 126 Å². The van der Waals surface area contributed by atoms with Gasteiger partial charge in [-0.2, -0.15) is 0 Å². The van der Waals surface area contributed by atoms with Crippen LogP contribution >= 0.6 is 0 Å². The summed E-state index contributed by atoms with van der Waals surface area (Å²) < 4.78 is 0. The van der Waals surface area contributed by atoms with Crippen molar-refractivity contribution in [3.8, 4) is 0 Å². The SMILES string of the molecule is CC(=O)N[C@@H](CCCN=C(N)N)C(=O)N[C@H](C(=O)N[C@@H](CCCN=C(N)N)C(=O)N[C@@H](CCCN=C(N)N)C(=O)N[C@@H](CCCN=C(N)N)C(=O)N[C@@H](CCCCN)C(=O)N[C@@H](CCCCN)C(=O)N[C@@H](CCCN=C(N)N)C(=O)N[C@H](C(N)=O)[C@@H](C)O)[C@@H](C)O. The van der Waals surface area contributed by atoms with E-state index in [0.717, 1.165) is 6.92 Å². The van der Waals surface area contributed by atoms with Gasteiger partial charge in [-0.05, 0) is 130 Å². The normalized spacial score (nSPS) is 14.5. The number of nitrogens with zero attached hydrogens (tertiary/aromatic N) is 5. The molecule has 39 nitrogen and oxygen atoms in total. The van der Waals surface area contributed by atoms with Crippen LogP contribution in [0, 0.1) is 0 Å². The van der Waals surface area contributed by atoms with E-state index in [2.05, 4.69) is 72.8 Å². The first-order valence-electron chi connectivity index (χ1n) is 29.9. The van der Waals surface area contributed by atoms with Gasteiger partial charge in [0.05, 0.1) is 12.2 Å². The Morgan fingerprint density at radius 3 is 0.725 bits per heavy atom. The molecule has 0 unspecified atom stereocenters. The Hall–Kier alpha value is -9.11. The van der Waals surface area contributed by atoms with Crippen LogP contribution in [-0.4, -0.2) is 211 Å². The summed E-state index contributed by atoms with van der Waals surface area (Å²) in [5.41, 5.74) is 72.0. The highest BCUT2D eigenvalue weighted by Crippen LogP contribution is 2.12. The van der Waals surface area contributed by atoms with Crippen LogP contribution in [0.1, 0.15) is 124 Å². The van der Waals surface area contributed by atoms with E-state index in [0.29, 0.717) is 12.8 Å². The van der Waals surface area contributed by atoms with Gasteiger partial charge < -0.3 is 133 Å². The first-order chi connectivity index (χ1) is 42.8. The number of hydrogen-bond donors (Lipinski definition) is 24. The number of amides is 10. The Morgan fingerprint density at radius 1 is 0.308 bits per heavy atom. The fraction of sp³-hybridized carbons (Fsp3) is 0.712. The fourth-order valence-electron chi connectivity index (χ4n) is 8.60. The monoisotopic (exact) mass is 1300 g/mol. The maximum absolute atomic E-state index is 14.6. The van der Waals surface area contributed by atoms with Crippen molar-refractivity contribution in [1.29, 1.82) is 0 Å². The van der Waals surface area contributed by atoms with Gasteiger partial charge in [-0.15, -0.1) is 0 Å². The topological polar surface area (TPSA) is 719 Å². The first-order valence-corrected chi connectivity index (χ1v) is 29.9. The van der Waals surface area contributed by atoms with E-state index in [-0.39, 0.29) is 166 Å². The van der Waals surface area contributed by atoms with Gasteiger partial charge in [0.25, 0.3) is 0 Å². The molecule has 0 aliphatic carbocycles. The summed E-state index contributed by atoms with van der Waals surface area (Å²) >= 11 is 0. The molecule has 518 valence electrons. The molecule has 39 heteroatoms. The highest BCUT2D eigenvalue weighted by atomic mass is 16.3. The predicted molar refractivity (Wildman–Crippen MR) is 341 cm³/mol. The number of nitrogens with two attached hydrogens (primary N) is 13. The Bertz CT molecular complexity index is 2460. The summed E-state index contributed by atoms with van der Waals surface area (Å²) in [7, 11) is 0. The number of aliphatic hydroxyl groups excluding tert-OH is 2. The van der Waals surface area contributed by atoms with Crippen molar-refractivity contribution in [1.82, 2.24) is 47.9 Å². The molecule has 0 rings (SSSR count). The molecule has 0 fully saturated rings. The third-order valence-corrected chi connectivity index (χ3v) is 13.3. The van der Waals surface area contributed by atoms with Crippen LogP contribution < -0.4 is 122 Å². The van der Waals surface area contributed by atoms with Crippen LogP contribution in [0.3, 0.4) is 0 Å². The molecule has 0 aliphatic heterocycles. The van der Waals surface area contributed by atoms with Crippen molar-refractivity contribution in [2.75, 3.05) is 45.8 Å². The van der Waals surface area contributed by atoms with Crippen LogP contribution in [0.5, 0.6) is 0 Å². The molecule has 10 amide bonds. The van der Waals surface area contributed by atoms with Gasteiger partial charge in [-0.25, -0.2) is 0 Å². The van der Waals surface area contributed by atoms with Crippen molar-refractivity contribution in [2.45, 2.75) is 190 Å². The molecule has 11 atom stereocenters. The molecule has 37 N–H and O–H groups in total. The number of carbonyl (C=O) groups excluding carboxylic acids is 10. The van der Waals surface area contributed by atoms with Crippen LogP contribution in [0.25, 0.3) is 0 Å². The fourth-order valence-corrected chi connectivity index (χ4v) is 8.60. The van der Waals surface area contributed by atoms with Crippen LogP contribution in [0.15, 0.2) is 25.0 Å². The molecule has 0 aromatic rings.